The first-order valence-electron chi connectivity index (χ1n) is 7.58. The minimum Gasteiger partial charge on any atom is -0.483 e. The van der Waals surface area contributed by atoms with Crippen LogP contribution in [0.25, 0.3) is 0 Å². The Labute approximate surface area is 141 Å². The number of carbonyl (C=O) groups is 1. The van der Waals surface area contributed by atoms with Crippen LogP contribution in [-0.4, -0.2) is 24.0 Å². The first-order chi connectivity index (χ1) is 11.5. The molecule has 1 aliphatic rings. The number of hydrogen-bond donors (Lipinski definition) is 0. The summed E-state index contributed by atoms with van der Waals surface area (Å²) in [5.41, 5.74) is -0.867. The SMILES string of the molecule is O=C(COc1ccccc1C(F)(F)F)N1CCCC1c1cccs1. The van der Waals surface area contributed by atoms with E-state index in [9.17, 15) is 18.0 Å². The number of hydrogen-bond acceptors (Lipinski definition) is 3. The van der Waals surface area contributed by atoms with Crippen LogP contribution in [-0.2, 0) is 11.0 Å². The molecule has 1 aromatic carbocycles. The van der Waals surface area contributed by atoms with E-state index in [0.29, 0.717) is 6.54 Å². The molecule has 0 spiro atoms. The summed E-state index contributed by atoms with van der Waals surface area (Å²) in [7, 11) is 0. The zero-order valence-corrected chi connectivity index (χ0v) is 13.6. The molecule has 1 fully saturated rings. The average molecular weight is 355 g/mol. The molecular formula is C17H16F3NO2S. The topological polar surface area (TPSA) is 29.5 Å². The number of thiophene rings is 1. The van der Waals surface area contributed by atoms with Crippen molar-refractivity contribution in [3.05, 3.63) is 52.2 Å². The molecule has 2 heterocycles. The number of carbonyl (C=O) groups excluding carboxylic acids is 1. The van der Waals surface area contributed by atoms with Gasteiger partial charge in [0.25, 0.3) is 5.91 Å². The lowest BCUT2D eigenvalue weighted by Crippen LogP contribution is -2.34. The van der Waals surface area contributed by atoms with Gasteiger partial charge in [-0.3, -0.25) is 4.79 Å². The van der Waals surface area contributed by atoms with Gasteiger partial charge in [0.1, 0.15) is 5.75 Å². The van der Waals surface area contributed by atoms with Crippen molar-refractivity contribution >= 4 is 17.2 Å². The van der Waals surface area contributed by atoms with Gasteiger partial charge >= 0.3 is 6.18 Å². The number of benzene rings is 1. The van der Waals surface area contributed by atoms with E-state index < -0.39 is 18.3 Å². The van der Waals surface area contributed by atoms with Crippen molar-refractivity contribution < 1.29 is 22.7 Å². The number of para-hydroxylation sites is 1. The number of amides is 1. The maximum absolute atomic E-state index is 12.9. The Morgan fingerprint density at radius 3 is 2.75 bits per heavy atom. The Kier molecular flexibility index (Phi) is 4.80. The molecule has 1 unspecified atom stereocenters. The summed E-state index contributed by atoms with van der Waals surface area (Å²) in [5, 5.41) is 1.95. The Morgan fingerprint density at radius 1 is 1.25 bits per heavy atom. The lowest BCUT2D eigenvalue weighted by Gasteiger charge is -2.24. The highest BCUT2D eigenvalue weighted by molar-refractivity contribution is 7.10. The van der Waals surface area contributed by atoms with Crippen molar-refractivity contribution in [1.29, 1.82) is 0 Å². The zero-order chi connectivity index (χ0) is 17.2. The summed E-state index contributed by atoms with van der Waals surface area (Å²) in [4.78, 5) is 15.2. The lowest BCUT2D eigenvalue weighted by atomic mass is 10.2. The molecule has 24 heavy (non-hydrogen) atoms. The van der Waals surface area contributed by atoms with E-state index in [1.165, 1.54) is 18.2 Å². The molecule has 0 N–H and O–H groups in total. The van der Waals surface area contributed by atoms with Gasteiger partial charge in [0.05, 0.1) is 11.6 Å². The number of ether oxygens (including phenoxy) is 1. The van der Waals surface area contributed by atoms with Crippen molar-refractivity contribution in [2.45, 2.75) is 25.1 Å². The highest BCUT2D eigenvalue weighted by Gasteiger charge is 2.35. The average Bonchev–Trinajstić information content (AvgIpc) is 3.22. The number of rotatable bonds is 4. The number of halogens is 3. The first kappa shape index (κ1) is 16.8. The van der Waals surface area contributed by atoms with E-state index in [0.717, 1.165) is 23.8 Å². The summed E-state index contributed by atoms with van der Waals surface area (Å²) >= 11 is 1.58. The van der Waals surface area contributed by atoms with E-state index in [4.69, 9.17) is 4.74 Å². The third-order valence-electron chi connectivity index (χ3n) is 3.99. The van der Waals surface area contributed by atoms with Crippen molar-refractivity contribution in [2.75, 3.05) is 13.2 Å². The van der Waals surface area contributed by atoms with Gasteiger partial charge in [-0.25, -0.2) is 0 Å². The fraction of sp³-hybridized carbons (Fsp3) is 0.353. The molecular weight excluding hydrogens is 339 g/mol. The van der Waals surface area contributed by atoms with Gasteiger partial charge in [-0.15, -0.1) is 11.3 Å². The van der Waals surface area contributed by atoms with E-state index in [1.54, 1.807) is 16.2 Å². The molecule has 1 aromatic heterocycles. The molecule has 3 rings (SSSR count). The quantitative estimate of drug-likeness (QED) is 0.808. The molecule has 1 saturated heterocycles. The van der Waals surface area contributed by atoms with Crippen LogP contribution in [0.1, 0.15) is 29.3 Å². The van der Waals surface area contributed by atoms with E-state index in [1.807, 2.05) is 17.5 Å². The predicted octanol–water partition coefficient (Wildman–Crippen LogP) is 4.51. The third kappa shape index (κ3) is 3.56. The summed E-state index contributed by atoms with van der Waals surface area (Å²) in [6.07, 6.45) is -2.76. The van der Waals surface area contributed by atoms with E-state index in [-0.39, 0.29) is 17.7 Å². The number of nitrogens with zero attached hydrogens (tertiary/aromatic N) is 1. The second-order valence-corrected chi connectivity index (χ2v) is 6.52. The van der Waals surface area contributed by atoms with E-state index >= 15 is 0 Å². The molecule has 1 atom stereocenters. The summed E-state index contributed by atoms with van der Waals surface area (Å²) in [5.74, 6) is -0.604. The standard InChI is InChI=1S/C17H16F3NO2S/c18-17(19,20)12-5-1-2-7-14(12)23-11-16(22)21-9-3-6-13(21)15-8-4-10-24-15/h1-2,4-5,7-8,10,13H,3,6,9,11H2. The largest absolute Gasteiger partial charge is 0.483 e. The van der Waals surface area contributed by atoms with E-state index in [2.05, 4.69) is 0 Å². The molecule has 2 aromatic rings. The van der Waals surface area contributed by atoms with Crippen LogP contribution in [0.4, 0.5) is 13.2 Å². The van der Waals surface area contributed by atoms with Crippen molar-refractivity contribution in [1.82, 2.24) is 4.90 Å². The summed E-state index contributed by atoms with van der Waals surface area (Å²) in [6, 6.07) is 8.84. The molecule has 1 aliphatic heterocycles. The second-order valence-electron chi connectivity index (χ2n) is 5.54. The summed E-state index contributed by atoms with van der Waals surface area (Å²) in [6.45, 7) is 0.209. The maximum Gasteiger partial charge on any atom is 0.419 e. The monoisotopic (exact) mass is 355 g/mol. The third-order valence-corrected chi connectivity index (χ3v) is 4.96. The fourth-order valence-electron chi connectivity index (χ4n) is 2.89. The molecule has 3 nitrogen and oxygen atoms in total. The Hall–Kier alpha value is -2.02. The Bertz CT molecular complexity index is 700. The minimum atomic E-state index is -4.51. The molecule has 1 amide bonds. The highest BCUT2D eigenvalue weighted by Crippen LogP contribution is 2.37. The van der Waals surface area contributed by atoms with Crippen molar-refractivity contribution in [2.24, 2.45) is 0 Å². The van der Waals surface area contributed by atoms with Gasteiger partial charge in [0, 0.05) is 11.4 Å². The van der Waals surface area contributed by atoms with Crippen LogP contribution in [0.15, 0.2) is 41.8 Å². The van der Waals surface area contributed by atoms with Crippen molar-refractivity contribution in [3.63, 3.8) is 0 Å². The van der Waals surface area contributed by atoms with Crippen LogP contribution < -0.4 is 4.74 Å². The normalized spacial score (nSPS) is 18.0. The van der Waals surface area contributed by atoms with Gasteiger partial charge in [0.2, 0.25) is 0 Å². The Morgan fingerprint density at radius 2 is 2.04 bits per heavy atom. The van der Waals surface area contributed by atoms with Gasteiger partial charge in [-0.2, -0.15) is 13.2 Å². The maximum atomic E-state index is 12.9. The predicted molar refractivity (Wildman–Crippen MR) is 84.9 cm³/mol. The van der Waals surface area contributed by atoms with Crippen molar-refractivity contribution in [3.8, 4) is 5.75 Å². The molecule has 7 heteroatoms. The fourth-order valence-corrected chi connectivity index (χ4v) is 3.76. The molecule has 0 saturated carbocycles. The smallest absolute Gasteiger partial charge is 0.419 e. The minimum absolute atomic E-state index is 0.000963. The lowest BCUT2D eigenvalue weighted by molar-refractivity contribution is -0.141. The molecule has 0 bridgehead atoms. The molecule has 0 radical (unpaired) electrons. The Balaban J connectivity index is 1.68. The summed E-state index contributed by atoms with van der Waals surface area (Å²) < 4.78 is 44.0. The van der Waals surface area contributed by atoms with Gasteiger partial charge in [-0.1, -0.05) is 18.2 Å². The number of alkyl halides is 3. The second kappa shape index (κ2) is 6.84. The van der Waals surface area contributed by atoms with Gasteiger partial charge in [-0.05, 0) is 36.4 Å². The highest BCUT2D eigenvalue weighted by atomic mass is 32.1. The van der Waals surface area contributed by atoms with Crippen LogP contribution in [0, 0.1) is 0 Å². The van der Waals surface area contributed by atoms with Gasteiger partial charge < -0.3 is 9.64 Å². The van der Waals surface area contributed by atoms with Crippen LogP contribution >= 0.6 is 11.3 Å². The number of likely N-dealkylation sites (tertiary alicyclic amines) is 1. The first-order valence-corrected chi connectivity index (χ1v) is 8.46. The molecule has 0 aliphatic carbocycles. The van der Waals surface area contributed by atoms with Crippen LogP contribution in [0.3, 0.4) is 0 Å². The van der Waals surface area contributed by atoms with Gasteiger partial charge in [0.15, 0.2) is 6.61 Å². The zero-order valence-electron chi connectivity index (χ0n) is 12.8. The molecule has 128 valence electrons. The van der Waals surface area contributed by atoms with Crippen LogP contribution in [0.2, 0.25) is 0 Å². The van der Waals surface area contributed by atoms with Crippen LogP contribution in [0.5, 0.6) is 5.75 Å².